The van der Waals surface area contributed by atoms with Gasteiger partial charge in [-0.05, 0) is 26.2 Å². The lowest BCUT2D eigenvalue weighted by atomic mass is 10.2. The molecule has 0 aliphatic carbocycles. The van der Waals surface area contributed by atoms with E-state index in [2.05, 4.69) is 5.32 Å². The largest absolute Gasteiger partial charge is 0.450 e. The van der Waals surface area contributed by atoms with Crippen LogP contribution in [0, 0.1) is 0 Å². The molecule has 1 atom stereocenters. The third-order valence-electron chi connectivity index (χ3n) is 2.19. The molecule has 1 amide bonds. The van der Waals surface area contributed by atoms with E-state index in [1.165, 1.54) is 0 Å². The van der Waals surface area contributed by atoms with Crippen LogP contribution in [0.5, 0.6) is 0 Å². The second-order valence-corrected chi connectivity index (χ2v) is 3.82. The molecule has 0 saturated heterocycles. The van der Waals surface area contributed by atoms with Crippen molar-refractivity contribution in [2.75, 3.05) is 26.9 Å². The van der Waals surface area contributed by atoms with Crippen LogP contribution in [0.25, 0.3) is 0 Å². The minimum atomic E-state index is -0.380. The Labute approximate surface area is 97.7 Å². The third kappa shape index (κ3) is 9.73. The maximum absolute atomic E-state index is 11.1. The molecule has 3 N–H and O–H groups in total. The summed E-state index contributed by atoms with van der Waals surface area (Å²) in [6.07, 6.45) is 3.75. The average molecular weight is 232 g/mol. The molecule has 96 valence electrons. The van der Waals surface area contributed by atoms with Crippen molar-refractivity contribution < 1.29 is 14.3 Å². The molecular weight excluding hydrogens is 208 g/mol. The summed E-state index contributed by atoms with van der Waals surface area (Å²) < 4.78 is 9.92. The number of nitrogens with two attached hydrogens (primary N) is 1. The van der Waals surface area contributed by atoms with Crippen LogP contribution in [0.2, 0.25) is 0 Å². The Kier molecular flexibility index (Phi) is 10.2. The Balaban J connectivity index is 3.21. The molecule has 16 heavy (non-hydrogen) atoms. The first-order valence-electron chi connectivity index (χ1n) is 5.83. The van der Waals surface area contributed by atoms with E-state index in [0.29, 0.717) is 13.2 Å². The number of alkyl carbamates (subject to hydrolysis) is 1. The van der Waals surface area contributed by atoms with Gasteiger partial charge >= 0.3 is 6.09 Å². The second-order valence-electron chi connectivity index (χ2n) is 3.82. The van der Waals surface area contributed by atoms with E-state index in [-0.39, 0.29) is 12.1 Å². The van der Waals surface area contributed by atoms with Crippen molar-refractivity contribution in [2.24, 2.45) is 5.73 Å². The summed E-state index contributed by atoms with van der Waals surface area (Å²) in [6.45, 7) is 3.53. The van der Waals surface area contributed by atoms with Crippen LogP contribution < -0.4 is 11.1 Å². The monoisotopic (exact) mass is 232 g/mol. The highest BCUT2D eigenvalue weighted by atomic mass is 16.5. The van der Waals surface area contributed by atoms with Gasteiger partial charge < -0.3 is 20.5 Å². The summed E-state index contributed by atoms with van der Waals surface area (Å²) in [5, 5.41) is 2.63. The average Bonchev–Trinajstić information content (AvgIpc) is 2.27. The Hall–Kier alpha value is -0.810. The van der Waals surface area contributed by atoms with Gasteiger partial charge in [-0.2, -0.15) is 0 Å². The lowest BCUT2D eigenvalue weighted by Gasteiger charge is -2.11. The molecule has 0 rings (SSSR count). The maximum atomic E-state index is 11.1. The number of amides is 1. The molecule has 5 heteroatoms. The van der Waals surface area contributed by atoms with Crippen molar-refractivity contribution in [1.29, 1.82) is 0 Å². The lowest BCUT2D eigenvalue weighted by Crippen LogP contribution is -2.38. The highest BCUT2D eigenvalue weighted by Gasteiger charge is 2.05. The Morgan fingerprint density at radius 1 is 1.25 bits per heavy atom. The molecule has 0 heterocycles. The number of ether oxygens (including phenoxy) is 2. The van der Waals surface area contributed by atoms with Gasteiger partial charge in [-0.25, -0.2) is 4.79 Å². The van der Waals surface area contributed by atoms with Gasteiger partial charge in [0.1, 0.15) is 0 Å². The summed E-state index contributed by atoms with van der Waals surface area (Å²) in [6, 6.07) is -0.0331. The van der Waals surface area contributed by atoms with Gasteiger partial charge in [-0.1, -0.05) is 6.42 Å². The molecular formula is C11H24N2O3. The number of carbonyl (C=O) groups is 1. The fourth-order valence-electron chi connectivity index (χ4n) is 1.17. The van der Waals surface area contributed by atoms with E-state index >= 15 is 0 Å². The van der Waals surface area contributed by atoms with Crippen LogP contribution in [-0.4, -0.2) is 39.0 Å². The molecule has 0 aromatic heterocycles. The van der Waals surface area contributed by atoms with Crippen LogP contribution in [0.3, 0.4) is 0 Å². The molecule has 0 aliphatic heterocycles. The first-order valence-corrected chi connectivity index (χ1v) is 5.83. The topological polar surface area (TPSA) is 73.6 Å². The van der Waals surface area contributed by atoms with Gasteiger partial charge in [-0.15, -0.1) is 0 Å². The van der Waals surface area contributed by atoms with Crippen molar-refractivity contribution in [3.05, 3.63) is 0 Å². The van der Waals surface area contributed by atoms with E-state index < -0.39 is 0 Å². The van der Waals surface area contributed by atoms with E-state index in [1.54, 1.807) is 7.11 Å². The van der Waals surface area contributed by atoms with Crippen molar-refractivity contribution in [1.82, 2.24) is 5.32 Å². The summed E-state index contributed by atoms with van der Waals surface area (Å²) in [5.74, 6) is 0. The van der Waals surface area contributed by atoms with E-state index in [0.717, 1.165) is 32.3 Å². The van der Waals surface area contributed by atoms with Crippen LogP contribution in [-0.2, 0) is 9.47 Å². The Morgan fingerprint density at radius 3 is 2.44 bits per heavy atom. The molecule has 0 fully saturated rings. The Bertz CT molecular complexity index is 177. The number of hydrogen-bond acceptors (Lipinski definition) is 4. The molecule has 0 bridgehead atoms. The first kappa shape index (κ1) is 15.2. The quantitative estimate of drug-likeness (QED) is 0.587. The van der Waals surface area contributed by atoms with Crippen LogP contribution >= 0.6 is 0 Å². The smallest absolute Gasteiger partial charge is 0.407 e. The highest BCUT2D eigenvalue weighted by Crippen LogP contribution is 2.00. The van der Waals surface area contributed by atoms with Crippen LogP contribution in [0.1, 0.15) is 32.6 Å². The van der Waals surface area contributed by atoms with Crippen molar-refractivity contribution in [3.8, 4) is 0 Å². The van der Waals surface area contributed by atoms with Gasteiger partial charge in [0, 0.05) is 26.3 Å². The number of carbonyl (C=O) groups excluding carboxylic acids is 1. The van der Waals surface area contributed by atoms with Gasteiger partial charge in [0.25, 0.3) is 0 Å². The minimum Gasteiger partial charge on any atom is -0.450 e. The molecule has 0 aliphatic rings. The highest BCUT2D eigenvalue weighted by molar-refractivity contribution is 5.67. The minimum absolute atomic E-state index is 0.0331. The summed E-state index contributed by atoms with van der Waals surface area (Å²) in [4.78, 5) is 11.1. The predicted molar refractivity (Wildman–Crippen MR) is 63.3 cm³/mol. The zero-order valence-corrected chi connectivity index (χ0v) is 10.3. The normalized spacial score (nSPS) is 12.2. The zero-order chi connectivity index (χ0) is 12.2. The first-order chi connectivity index (χ1) is 7.70. The van der Waals surface area contributed by atoms with Crippen molar-refractivity contribution >= 4 is 6.09 Å². The zero-order valence-electron chi connectivity index (χ0n) is 10.3. The number of rotatable bonds is 9. The van der Waals surface area contributed by atoms with Gasteiger partial charge in [0.2, 0.25) is 0 Å². The summed E-state index contributed by atoms with van der Waals surface area (Å²) in [5.41, 5.74) is 5.36. The SMILES string of the molecule is COCCCCCCOC(=O)N[C@@H](C)CN. The number of unbranched alkanes of at least 4 members (excludes halogenated alkanes) is 3. The number of nitrogens with one attached hydrogen (secondary N) is 1. The molecule has 0 spiro atoms. The van der Waals surface area contributed by atoms with Gasteiger partial charge in [-0.3, -0.25) is 0 Å². The van der Waals surface area contributed by atoms with E-state index in [1.807, 2.05) is 6.92 Å². The fourth-order valence-corrected chi connectivity index (χ4v) is 1.17. The molecule has 0 aromatic rings. The van der Waals surface area contributed by atoms with Crippen LogP contribution in [0.15, 0.2) is 0 Å². The van der Waals surface area contributed by atoms with Crippen molar-refractivity contribution in [3.63, 3.8) is 0 Å². The molecule has 5 nitrogen and oxygen atoms in total. The molecule has 0 saturated carbocycles. The molecule has 0 aromatic carbocycles. The van der Waals surface area contributed by atoms with E-state index in [4.69, 9.17) is 15.2 Å². The molecule has 0 radical (unpaired) electrons. The van der Waals surface area contributed by atoms with Crippen molar-refractivity contribution in [2.45, 2.75) is 38.6 Å². The molecule has 0 unspecified atom stereocenters. The lowest BCUT2D eigenvalue weighted by molar-refractivity contribution is 0.140. The predicted octanol–water partition coefficient (Wildman–Crippen LogP) is 1.27. The standard InChI is InChI=1S/C11H24N2O3/c1-10(9-12)13-11(14)16-8-6-4-3-5-7-15-2/h10H,3-9,12H2,1-2H3,(H,13,14)/t10-/m0/s1. The number of hydrogen-bond donors (Lipinski definition) is 2. The Morgan fingerprint density at radius 2 is 1.88 bits per heavy atom. The van der Waals surface area contributed by atoms with Gasteiger partial charge in [0.05, 0.1) is 6.61 Å². The fraction of sp³-hybridized carbons (Fsp3) is 0.909. The maximum Gasteiger partial charge on any atom is 0.407 e. The van der Waals surface area contributed by atoms with E-state index in [9.17, 15) is 4.79 Å². The summed E-state index contributed by atoms with van der Waals surface area (Å²) >= 11 is 0. The third-order valence-corrected chi connectivity index (χ3v) is 2.19. The number of methoxy groups -OCH3 is 1. The summed E-state index contributed by atoms with van der Waals surface area (Å²) in [7, 11) is 1.70. The van der Waals surface area contributed by atoms with Crippen LogP contribution in [0.4, 0.5) is 4.79 Å². The second kappa shape index (κ2) is 10.7. The van der Waals surface area contributed by atoms with Gasteiger partial charge in [0.15, 0.2) is 0 Å².